The maximum Gasteiger partial charge on any atom is 0.416 e. The SMILES string of the molecule is O=c1c2ccc3oc4ccc(-c5cc(C(F)(F)F)cc(C(F)(F)F)c5)cc4c4ccc(c(=O)n1CCCO)c2c34. The number of aliphatic hydroxyl groups is 1. The van der Waals surface area contributed by atoms with Crippen molar-refractivity contribution < 1.29 is 35.9 Å². The Kier molecular flexibility index (Phi) is 5.70. The normalized spacial score (nSPS) is 12.9. The molecule has 0 radical (unpaired) electrons. The third-order valence-corrected chi connectivity index (χ3v) is 7.02. The van der Waals surface area contributed by atoms with Gasteiger partial charge in [-0.2, -0.15) is 26.3 Å². The number of hydrogen-bond acceptors (Lipinski definition) is 4. The van der Waals surface area contributed by atoms with Gasteiger partial charge in [0.2, 0.25) is 0 Å². The van der Waals surface area contributed by atoms with Crippen molar-refractivity contribution in [3.63, 3.8) is 0 Å². The Morgan fingerprint density at radius 2 is 1.23 bits per heavy atom. The lowest BCUT2D eigenvalue weighted by molar-refractivity contribution is -0.143. The molecule has 4 aromatic carbocycles. The fourth-order valence-corrected chi connectivity index (χ4v) is 5.19. The van der Waals surface area contributed by atoms with E-state index in [1.165, 1.54) is 30.3 Å². The topological polar surface area (TPSA) is 72.4 Å². The zero-order valence-electron chi connectivity index (χ0n) is 20.3. The maximum atomic E-state index is 13.5. The number of nitrogens with zero attached hydrogens (tertiary/aromatic N) is 1. The van der Waals surface area contributed by atoms with Crippen LogP contribution in [0.1, 0.15) is 17.5 Å². The smallest absolute Gasteiger partial charge is 0.416 e. The average molecular weight is 557 g/mol. The predicted octanol–water partition coefficient (Wildman–Crippen LogP) is 6.94. The molecule has 6 aromatic rings. The van der Waals surface area contributed by atoms with E-state index in [-0.39, 0.29) is 47.5 Å². The van der Waals surface area contributed by atoms with Crippen LogP contribution in [0.25, 0.3) is 54.6 Å². The molecule has 0 saturated heterocycles. The molecular weight excluding hydrogens is 540 g/mol. The molecule has 0 spiro atoms. The number of hydrogen-bond donors (Lipinski definition) is 1. The standard InChI is InChI=1S/C29H17F6NO4/c30-28(31,32)16-10-15(11-17(13-16)29(33,34)35)14-2-6-22-21(12-14)18-3-4-19-24-20(5-7-23(40-22)25(18)24)27(39)36(26(19)38)8-1-9-37/h2-7,10-13,37H,1,8-9H2. The van der Waals surface area contributed by atoms with E-state index in [0.717, 1.165) is 4.57 Å². The molecule has 5 nitrogen and oxygen atoms in total. The Labute approximate surface area is 219 Å². The summed E-state index contributed by atoms with van der Waals surface area (Å²) in [5.41, 5.74) is -3.50. The van der Waals surface area contributed by atoms with Crippen molar-refractivity contribution in [1.29, 1.82) is 0 Å². The highest BCUT2D eigenvalue weighted by atomic mass is 19.4. The van der Waals surface area contributed by atoms with Gasteiger partial charge in [0, 0.05) is 40.1 Å². The Hall–Kier alpha value is -4.38. The van der Waals surface area contributed by atoms with Crippen LogP contribution < -0.4 is 11.1 Å². The molecule has 0 aliphatic rings. The first kappa shape index (κ1) is 25.9. The molecule has 0 atom stereocenters. The van der Waals surface area contributed by atoms with Crippen LogP contribution in [-0.2, 0) is 18.9 Å². The van der Waals surface area contributed by atoms with Gasteiger partial charge in [-0.05, 0) is 71.5 Å². The zero-order chi connectivity index (χ0) is 28.6. The highest BCUT2D eigenvalue weighted by molar-refractivity contribution is 6.26. The molecule has 0 saturated carbocycles. The fourth-order valence-electron chi connectivity index (χ4n) is 5.19. The summed E-state index contributed by atoms with van der Waals surface area (Å²) in [4.78, 5) is 26.3. The van der Waals surface area contributed by atoms with Crippen molar-refractivity contribution >= 4 is 43.5 Å². The summed E-state index contributed by atoms with van der Waals surface area (Å²) in [5, 5.41) is 11.3. The second kappa shape index (κ2) is 8.82. The maximum absolute atomic E-state index is 13.5. The molecule has 40 heavy (non-hydrogen) atoms. The van der Waals surface area contributed by atoms with E-state index in [1.54, 1.807) is 12.1 Å². The second-order valence-corrected chi connectivity index (χ2v) is 9.47. The molecule has 0 aliphatic carbocycles. The van der Waals surface area contributed by atoms with Crippen molar-refractivity contribution in [3.8, 4) is 11.1 Å². The first-order chi connectivity index (χ1) is 18.9. The van der Waals surface area contributed by atoms with Gasteiger partial charge in [-0.1, -0.05) is 12.1 Å². The van der Waals surface area contributed by atoms with Gasteiger partial charge in [0.25, 0.3) is 11.1 Å². The molecule has 1 N–H and O–H groups in total. The Morgan fingerprint density at radius 3 is 1.82 bits per heavy atom. The predicted molar refractivity (Wildman–Crippen MR) is 138 cm³/mol. The van der Waals surface area contributed by atoms with E-state index >= 15 is 0 Å². The number of aromatic nitrogens is 1. The van der Waals surface area contributed by atoms with Gasteiger partial charge in [0.05, 0.1) is 11.1 Å². The molecular formula is C29H17F6NO4. The molecule has 2 aromatic heterocycles. The van der Waals surface area contributed by atoms with Gasteiger partial charge in [0.15, 0.2) is 0 Å². The summed E-state index contributed by atoms with van der Waals surface area (Å²) in [6.45, 7) is -0.182. The molecule has 204 valence electrons. The number of rotatable bonds is 4. The van der Waals surface area contributed by atoms with Crippen LogP contribution in [-0.4, -0.2) is 16.3 Å². The van der Waals surface area contributed by atoms with Crippen molar-refractivity contribution in [3.05, 3.63) is 92.5 Å². The highest BCUT2D eigenvalue weighted by Crippen LogP contribution is 2.41. The molecule has 0 amide bonds. The van der Waals surface area contributed by atoms with Crippen LogP contribution in [0.2, 0.25) is 0 Å². The first-order valence-electron chi connectivity index (χ1n) is 12.1. The van der Waals surface area contributed by atoms with Crippen LogP contribution in [0.3, 0.4) is 0 Å². The van der Waals surface area contributed by atoms with Crippen molar-refractivity contribution in [2.24, 2.45) is 0 Å². The van der Waals surface area contributed by atoms with Gasteiger partial charge < -0.3 is 9.52 Å². The van der Waals surface area contributed by atoms with E-state index in [0.29, 0.717) is 44.8 Å². The van der Waals surface area contributed by atoms with E-state index in [4.69, 9.17) is 9.52 Å². The van der Waals surface area contributed by atoms with Crippen LogP contribution in [0.4, 0.5) is 26.3 Å². The number of benzene rings is 4. The van der Waals surface area contributed by atoms with Crippen molar-refractivity contribution in [2.45, 2.75) is 25.3 Å². The van der Waals surface area contributed by atoms with Crippen LogP contribution in [0.5, 0.6) is 0 Å². The number of aliphatic hydroxyl groups excluding tert-OH is 1. The fraction of sp³-hybridized carbons (Fsp3) is 0.172. The zero-order valence-corrected chi connectivity index (χ0v) is 20.3. The summed E-state index contributed by atoms with van der Waals surface area (Å²) in [7, 11) is 0. The molecule has 0 unspecified atom stereocenters. The lowest BCUT2D eigenvalue weighted by Crippen LogP contribution is -2.33. The van der Waals surface area contributed by atoms with E-state index < -0.39 is 34.6 Å². The summed E-state index contributed by atoms with van der Waals surface area (Å²) in [6, 6.07) is 11.9. The first-order valence-corrected chi connectivity index (χ1v) is 12.1. The number of pyridine rings is 1. The molecule has 2 heterocycles. The number of halogens is 6. The minimum absolute atomic E-state index is 0.0260. The summed E-state index contributed by atoms with van der Waals surface area (Å²) in [5.74, 6) is 0. The largest absolute Gasteiger partial charge is 0.456 e. The molecule has 11 heteroatoms. The number of fused-ring (bicyclic) bond motifs is 2. The highest BCUT2D eigenvalue weighted by Gasteiger charge is 2.37. The van der Waals surface area contributed by atoms with E-state index in [1.807, 2.05) is 0 Å². The van der Waals surface area contributed by atoms with Crippen molar-refractivity contribution in [2.75, 3.05) is 6.61 Å². The van der Waals surface area contributed by atoms with E-state index in [2.05, 4.69) is 0 Å². The Bertz CT molecular complexity index is 2010. The molecule has 0 bridgehead atoms. The van der Waals surface area contributed by atoms with Crippen LogP contribution in [0, 0.1) is 0 Å². The van der Waals surface area contributed by atoms with Gasteiger partial charge >= 0.3 is 12.4 Å². The van der Waals surface area contributed by atoms with Crippen LogP contribution >= 0.6 is 0 Å². The quantitative estimate of drug-likeness (QED) is 0.145. The molecule has 0 fully saturated rings. The van der Waals surface area contributed by atoms with Gasteiger partial charge in [-0.25, -0.2) is 0 Å². The third-order valence-electron chi connectivity index (χ3n) is 7.02. The van der Waals surface area contributed by atoms with Crippen molar-refractivity contribution in [1.82, 2.24) is 4.57 Å². The Morgan fingerprint density at radius 1 is 0.650 bits per heavy atom. The second-order valence-electron chi connectivity index (χ2n) is 9.47. The lowest BCUT2D eigenvalue weighted by Gasteiger charge is -2.16. The summed E-state index contributed by atoms with van der Waals surface area (Å²) < 4.78 is 87.8. The summed E-state index contributed by atoms with van der Waals surface area (Å²) >= 11 is 0. The third kappa shape index (κ3) is 4.00. The molecule has 0 aliphatic heterocycles. The number of alkyl halides is 6. The minimum atomic E-state index is -5.00. The van der Waals surface area contributed by atoms with Gasteiger partial charge in [0.1, 0.15) is 11.2 Å². The van der Waals surface area contributed by atoms with Gasteiger partial charge in [-0.15, -0.1) is 0 Å². The average Bonchev–Trinajstić information content (AvgIpc) is 2.91. The lowest BCUT2D eigenvalue weighted by atomic mass is 9.94. The van der Waals surface area contributed by atoms with Crippen LogP contribution in [0.15, 0.2) is 74.7 Å². The molecule has 6 rings (SSSR count). The monoisotopic (exact) mass is 557 g/mol. The van der Waals surface area contributed by atoms with E-state index in [9.17, 15) is 35.9 Å². The van der Waals surface area contributed by atoms with Gasteiger partial charge in [-0.3, -0.25) is 14.2 Å². The summed E-state index contributed by atoms with van der Waals surface area (Å²) in [6.07, 6.45) is -9.79. The minimum Gasteiger partial charge on any atom is -0.456 e. The Balaban J connectivity index is 1.65.